The van der Waals surface area contributed by atoms with Crippen LogP contribution in [0.3, 0.4) is 0 Å². The van der Waals surface area contributed by atoms with E-state index in [0.717, 1.165) is 6.42 Å². The zero-order valence-corrected chi connectivity index (χ0v) is 9.78. The molecule has 0 aliphatic heterocycles. The molecule has 0 saturated heterocycles. The Balaban J connectivity index is 2.14. The summed E-state index contributed by atoms with van der Waals surface area (Å²) in [5, 5.41) is 11.0. The first-order valence-electron chi connectivity index (χ1n) is 5.29. The van der Waals surface area contributed by atoms with Crippen LogP contribution in [0.25, 0.3) is 11.1 Å². The van der Waals surface area contributed by atoms with Crippen LogP contribution < -0.4 is 5.73 Å². The molecule has 0 aliphatic carbocycles. The Hall–Kier alpha value is -1.16. The van der Waals surface area contributed by atoms with E-state index in [1.54, 1.807) is 11.3 Å². The molecule has 16 heavy (non-hydrogen) atoms. The Kier molecular flexibility index (Phi) is 3.72. The number of rotatable bonds is 4. The van der Waals surface area contributed by atoms with Crippen molar-refractivity contribution in [1.29, 1.82) is 0 Å². The maximum Gasteiger partial charge on any atom is 0.0586 e. The highest BCUT2D eigenvalue weighted by atomic mass is 32.1. The van der Waals surface area contributed by atoms with Gasteiger partial charge in [-0.2, -0.15) is 0 Å². The number of aliphatic hydroxyl groups is 1. The van der Waals surface area contributed by atoms with Crippen molar-refractivity contribution in [3.63, 3.8) is 0 Å². The molecule has 3 N–H and O–H groups in total. The standard InChI is InChI=1S/C13H15NOS/c14-12(8-15)7-13-6-11(9-16-13)10-4-2-1-3-5-10/h1-6,9,12,15H,7-8,14H2. The Morgan fingerprint density at radius 2 is 1.94 bits per heavy atom. The van der Waals surface area contributed by atoms with Gasteiger partial charge in [0, 0.05) is 10.9 Å². The Morgan fingerprint density at radius 1 is 1.19 bits per heavy atom. The van der Waals surface area contributed by atoms with Crippen LogP contribution in [-0.4, -0.2) is 17.8 Å². The number of aliphatic hydroxyl groups excluding tert-OH is 1. The third-order valence-corrected chi connectivity index (χ3v) is 3.42. The number of hydrogen-bond donors (Lipinski definition) is 2. The third-order valence-electron chi connectivity index (χ3n) is 2.46. The van der Waals surface area contributed by atoms with Crippen LogP contribution in [0.1, 0.15) is 4.88 Å². The summed E-state index contributed by atoms with van der Waals surface area (Å²) in [5.41, 5.74) is 8.16. The summed E-state index contributed by atoms with van der Waals surface area (Å²) < 4.78 is 0. The molecular weight excluding hydrogens is 218 g/mol. The van der Waals surface area contributed by atoms with Gasteiger partial charge in [0.1, 0.15) is 0 Å². The fourth-order valence-electron chi connectivity index (χ4n) is 1.59. The van der Waals surface area contributed by atoms with Crippen LogP contribution in [0, 0.1) is 0 Å². The average Bonchev–Trinajstić information content (AvgIpc) is 2.78. The topological polar surface area (TPSA) is 46.2 Å². The molecule has 1 heterocycles. The molecule has 1 aromatic heterocycles. The fraction of sp³-hybridized carbons (Fsp3) is 0.231. The summed E-state index contributed by atoms with van der Waals surface area (Å²) in [5.74, 6) is 0. The molecule has 0 fully saturated rings. The van der Waals surface area contributed by atoms with Gasteiger partial charge in [-0.1, -0.05) is 30.3 Å². The van der Waals surface area contributed by atoms with Crippen molar-refractivity contribution in [2.75, 3.05) is 6.61 Å². The SMILES string of the molecule is NC(CO)Cc1cc(-c2ccccc2)cs1. The molecule has 0 saturated carbocycles. The van der Waals surface area contributed by atoms with Gasteiger partial charge in [0.15, 0.2) is 0 Å². The van der Waals surface area contributed by atoms with Gasteiger partial charge >= 0.3 is 0 Å². The highest BCUT2D eigenvalue weighted by Crippen LogP contribution is 2.25. The summed E-state index contributed by atoms with van der Waals surface area (Å²) in [6.07, 6.45) is 0.744. The lowest BCUT2D eigenvalue weighted by molar-refractivity contribution is 0.266. The van der Waals surface area contributed by atoms with Crippen molar-refractivity contribution in [3.05, 3.63) is 46.7 Å². The highest BCUT2D eigenvalue weighted by molar-refractivity contribution is 7.10. The molecule has 3 heteroatoms. The van der Waals surface area contributed by atoms with E-state index < -0.39 is 0 Å². The minimum absolute atomic E-state index is 0.0402. The maximum absolute atomic E-state index is 8.90. The summed E-state index contributed by atoms with van der Waals surface area (Å²) in [4.78, 5) is 1.22. The van der Waals surface area contributed by atoms with Gasteiger partial charge in [-0.05, 0) is 29.0 Å². The van der Waals surface area contributed by atoms with Crippen molar-refractivity contribution >= 4 is 11.3 Å². The zero-order chi connectivity index (χ0) is 11.4. The summed E-state index contributed by atoms with van der Waals surface area (Å²) in [6, 6.07) is 12.3. The van der Waals surface area contributed by atoms with Crippen LogP contribution >= 0.6 is 11.3 Å². The number of hydrogen-bond acceptors (Lipinski definition) is 3. The second-order valence-electron chi connectivity index (χ2n) is 3.81. The third kappa shape index (κ3) is 2.70. The van der Waals surface area contributed by atoms with Crippen LogP contribution in [0.4, 0.5) is 0 Å². The number of benzene rings is 1. The molecule has 0 amide bonds. The minimum Gasteiger partial charge on any atom is -0.395 e. The molecule has 2 aromatic rings. The minimum atomic E-state index is -0.151. The second kappa shape index (κ2) is 5.25. The van der Waals surface area contributed by atoms with E-state index in [1.807, 2.05) is 18.2 Å². The molecule has 0 spiro atoms. The normalized spacial score (nSPS) is 12.6. The Labute approximate surface area is 99.4 Å². The van der Waals surface area contributed by atoms with E-state index in [1.165, 1.54) is 16.0 Å². The van der Waals surface area contributed by atoms with E-state index >= 15 is 0 Å². The molecule has 0 aliphatic rings. The van der Waals surface area contributed by atoms with Crippen molar-refractivity contribution in [3.8, 4) is 11.1 Å². The first-order valence-corrected chi connectivity index (χ1v) is 6.17. The van der Waals surface area contributed by atoms with Crippen molar-refractivity contribution in [2.45, 2.75) is 12.5 Å². The van der Waals surface area contributed by atoms with Gasteiger partial charge in [0.2, 0.25) is 0 Å². The number of thiophene rings is 1. The van der Waals surface area contributed by atoms with Crippen LogP contribution in [0.5, 0.6) is 0 Å². The monoisotopic (exact) mass is 233 g/mol. The summed E-state index contributed by atoms with van der Waals surface area (Å²) in [7, 11) is 0. The van der Waals surface area contributed by atoms with Crippen LogP contribution in [0.2, 0.25) is 0 Å². The molecule has 84 valence electrons. The van der Waals surface area contributed by atoms with Crippen LogP contribution in [-0.2, 0) is 6.42 Å². The average molecular weight is 233 g/mol. The predicted octanol–water partition coefficient (Wildman–Crippen LogP) is 2.28. The van der Waals surface area contributed by atoms with Gasteiger partial charge in [-0.25, -0.2) is 0 Å². The van der Waals surface area contributed by atoms with E-state index in [0.29, 0.717) is 0 Å². The van der Waals surface area contributed by atoms with E-state index in [2.05, 4.69) is 23.6 Å². The van der Waals surface area contributed by atoms with E-state index in [-0.39, 0.29) is 12.6 Å². The predicted molar refractivity (Wildman–Crippen MR) is 68.5 cm³/mol. The first-order chi connectivity index (χ1) is 7.79. The smallest absolute Gasteiger partial charge is 0.0586 e. The van der Waals surface area contributed by atoms with Gasteiger partial charge in [0.05, 0.1) is 6.61 Å². The molecule has 0 bridgehead atoms. The summed E-state index contributed by atoms with van der Waals surface area (Å²) in [6.45, 7) is 0.0402. The quantitative estimate of drug-likeness (QED) is 0.851. The van der Waals surface area contributed by atoms with Gasteiger partial charge in [-0.15, -0.1) is 11.3 Å². The lowest BCUT2D eigenvalue weighted by Gasteiger charge is -2.04. The lowest BCUT2D eigenvalue weighted by atomic mass is 10.1. The van der Waals surface area contributed by atoms with Gasteiger partial charge in [-0.3, -0.25) is 0 Å². The Bertz CT molecular complexity index is 438. The van der Waals surface area contributed by atoms with Crippen LogP contribution in [0.15, 0.2) is 41.8 Å². The molecule has 0 radical (unpaired) electrons. The van der Waals surface area contributed by atoms with Crippen molar-refractivity contribution in [1.82, 2.24) is 0 Å². The molecule has 1 atom stereocenters. The largest absolute Gasteiger partial charge is 0.395 e. The maximum atomic E-state index is 8.90. The van der Waals surface area contributed by atoms with Crippen molar-refractivity contribution in [2.24, 2.45) is 5.73 Å². The fourth-order valence-corrected chi connectivity index (χ4v) is 2.58. The van der Waals surface area contributed by atoms with E-state index in [9.17, 15) is 0 Å². The number of nitrogens with two attached hydrogens (primary N) is 1. The second-order valence-corrected chi connectivity index (χ2v) is 4.81. The molecule has 2 nitrogen and oxygen atoms in total. The van der Waals surface area contributed by atoms with Gasteiger partial charge in [0.25, 0.3) is 0 Å². The van der Waals surface area contributed by atoms with Gasteiger partial charge < -0.3 is 10.8 Å². The summed E-state index contributed by atoms with van der Waals surface area (Å²) >= 11 is 1.70. The molecule has 1 unspecified atom stereocenters. The van der Waals surface area contributed by atoms with E-state index in [4.69, 9.17) is 10.8 Å². The zero-order valence-electron chi connectivity index (χ0n) is 8.97. The molecular formula is C13H15NOS. The Morgan fingerprint density at radius 3 is 2.62 bits per heavy atom. The first kappa shape index (κ1) is 11.3. The molecule has 2 rings (SSSR count). The molecule has 1 aromatic carbocycles. The highest BCUT2D eigenvalue weighted by Gasteiger charge is 2.06. The van der Waals surface area contributed by atoms with Crippen molar-refractivity contribution < 1.29 is 5.11 Å². The lowest BCUT2D eigenvalue weighted by Crippen LogP contribution is -2.26.